The zero-order valence-electron chi connectivity index (χ0n) is 20.6. The summed E-state index contributed by atoms with van der Waals surface area (Å²) in [6, 6.07) is 16.3. The minimum Gasteiger partial charge on any atom is -0.496 e. The van der Waals surface area contributed by atoms with Crippen LogP contribution in [0.15, 0.2) is 48.5 Å². The topological polar surface area (TPSA) is 61.8 Å². The maximum atomic E-state index is 12.8. The summed E-state index contributed by atoms with van der Waals surface area (Å²) in [5.74, 6) is 7.13. The Bertz CT molecular complexity index is 1050. The first-order valence-electron chi connectivity index (χ1n) is 12.2. The third kappa shape index (κ3) is 6.20. The Morgan fingerprint density at radius 2 is 1.88 bits per heavy atom. The van der Waals surface area contributed by atoms with Crippen molar-refractivity contribution in [1.82, 2.24) is 10.2 Å². The lowest BCUT2D eigenvalue weighted by Gasteiger charge is -2.32. The highest BCUT2D eigenvalue weighted by Crippen LogP contribution is 2.59. The molecule has 0 bridgehead atoms. The van der Waals surface area contributed by atoms with E-state index in [1.54, 1.807) is 21.0 Å². The molecule has 2 fully saturated rings. The molecule has 1 aliphatic carbocycles. The first-order chi connectivity index (χ1) is 16.3. The van der Waals surface area contributed by atoms with E-state index in [2.05, 4.69) is 40.3 Å². The number of ether oxygens (including phenoxy) is 1. The average molecular weight is 461 g/mol. The number of likely N-dealkylation sites (tertiary alicyclic amines) is 1. The lowest BCUT2D eigenvalue weighted by molar-refractivity contribution is -0.123. The second-order valence-electron chi connectivity index (χ2n) is 10.3. The van der Waals surface area contributed by atoms with Crippen LogP contribution in [0.3, 0.4) is 0 Å². The van der Waals surface area contributed by atoms with Gasteiger partial charge in [-0.05, 0) is 87.4 Å². The van der Waals surface area contributed by atoms with E-state index in [0.29, 0.717) is 6.54 Å². The molecule has 5 nitrogen and oxygen atoms in total. The van der Waals surface area contributed by atoms with Crippen molar-refractivity contribution in [3.8, 4) is 17.6 Å². The van der Waals surface area contributed by atoms with Crippen LogP contribution >= 0.6 is 0 Å². The van der Waals surface area contributed by atoms with Crippen molar-refractivity contribution < 1.29 is 14.6 Å². The predicted octanol–water partition coefficient (Wildman–Crippen LogP) is 3.78. The van der Waals surface area contributed by atoms with Crippen molar-refractivity contribution >= 4 is 5.91 Å². The number of hydrogen-bond donors (Lipinski definition) is 2. The number of nitrogens with zero attached hydrogens (tertiary/aromatic N) is 1. The Balaban J connectivity index is 1.20. The van der Waals surface area contributed by atoms with Gasteiger partial charge in [0.15, 0.2) is 0 Å². The fraction of sp³-hybridized carbons (Fsp3) is 0.483. The van der Waals surface area contributed by atoms with Gasteiger partial charge in [-0.1, -0.05) is 42.2 Å². The fourth-order valence-corrected chi connectivity index (χ4v) is 4.96. The Morgan fingerprint density at radius 3 is 2.56 bits per heavy atom. The summed E-state index contributed by atoms with van der Waals surface area (Å²) < 4.78 is 5.40. The molecule has 2 aromatic carbocycles. The molecule has 0 aromatic heterocycles. The summed E-state index contributed by atoms with van der Waals surface area (Å²) in [6.07, 6.45) is 3.99. The number of aliphatic hydroxyl groups is 1. The predicted molar refractivity (Wildman–Crippen MR) is 134 cm³/mol. The van der Waals surface area contributed by atoms with Gasteiger partial charge in [0.2, 0.25) is 5.91 Å². The van der Waals surface area contributed by atoms with Crippen LogP contribution in [0.5, 0.6) is 5.75 Å². The second kappa shape index (κ2) is 10.2. The van der Waals surface area contributed by atoms with Crippen molar-refractivity contribution in [2.45, 2.75) is 51.7 Å². The van der Waals surface area contributed by atoms with Crippen LogP contribution in [0, 0.1) is 23.2 Å². The number of piperidine rings is 1. The van der Waals surface area contributed by atoms with E-state index in [1.165, 1.54) is 5.56 Å². The van der Waals surface area contributed by atoms with Crippen molar-refractivity contribution in [3.05, 3.63) is 65.2 Å². The third-order valence-electron chi connectivity index (χ3n) is 7.12. The molecule has 180 valence electrons. The summed E-state index contributed by atoms with van der Waals surface area (Å²) in [4.78, 5) is 15.2. The Hall–Kier alpha value is -2.81. The number of methoxy groups -OCH3 is 1. The fourth-order valence-electron chi connectivity index (χ4n) is 4.96. The summed E-state index contributed by atoms with van der Waals surface area (Å²) in [5, 5.41) is 12.9. The Kier molecular flexibility index (Phi) is 7.30. The smallest absolute Gasteiger partial charge is 0.223 e. The molecule has 0 radical (unpaired) electrons. The van der Waals surface area contributed by atoms with Gasteiger partial charge in [-0.25, -0.2) is 0 Å². The molecule has 1 amide bonds. The van der Waals surface area contributed by atoms with E-state index in [1.807, 2.05) is 30.3 Å². The zero-order valence-corrected chi connectivity index (χ0v) is 20.6. The highest BCUT2D eigenvalue weighted by atomic mass is 16.5. The number of nitrogens with one attached hydrogen (secondary N) is 1. The molecule has 1 saturated carbocycles. The standard InChI is InChI=1S/C29H36N2O3/c1-28(2,33)14-12-22-8-10-23(11-9-22)21-31-18-15-29(16-19-31)20-25(29)27(32)30-17-13-24-6-4-5-7-26(24)34-3/h4-11,25,33H,13,15-21H2,1-3H3,(H,30,32)/t25-/m1/s1. The molecule has 1 aliphatic heterocycles. The zero-order chi connectivity index (χ0) is 24.2. The minimum absolute atomic E-state index is 0.168. The van der Waals surface area contributed by atoms with Gasteiger partial charge in [0, 0.05) is 24.6 Å². The Labute approximate surface area is 203 Å². The van der Waals surface area contributed by atoms with Crippen LogP contribution in [0.1, 0.15) is 49.8 Å². The molecule has 1 saturated heterocycles. The van der Waals surface area contributed by atoms with Crippen LogP contribution in [0.25, 0.3) is 0 Å². The molecule has 1 spiro atoms. The van der Waals surface area contributed by atoms with Gasteiger partial charge in [0.1, 0.15) is 11.4 Å². The molecule has 1 atom stereocenters. The number of rotatable bonds is 7. The first kappa shape index (κ1) is 24.3. The molecular weight excluding hydrogens is 424 g/mol. The Morgan fingerprint density at radius 1 is 1.18 bits per heavy atom. The van der Waals surface area contributed by atoms with Gasteiger partial charge in [-0.2, -0.15) is 0 Å². The van der Waals surface area contributed by atoms with E-state index >= 15 is 0 Å². The molecular formula is C29H36N2O3. The van der Waals surface area contributed by atoms with Gasteiger partial charge in [-0.3, -0.25) is 9.69 Å². The number of benzene rings is 2. The molecule has 1 heterocycles. The summed E-state index contributed by atoms with van der Waals surface area (Å²) >= 11 is 0. The lowest BCUT2D eigenvalue weighted by Crippen LogP contribution is -2.37. The van der Waals surface area contributed by atoms with Gasteiger partial charge in [-0.15, -0.1) is 0 Å². The first-order valence-corrected chi connectivity index (χ1v) is 12.2. The van der Waals surface area contributed by atoms with Gasteiger partial charge in [0.25, 0.3) is 0 Å². The quantitative estimate of drug-likeness (QED) is 0.618. The van der Waals surface area contributed by atoms with Crippen LogP contribution in [-0.4, -0.2) is 48.3 Å². The molecule has 2 aromatic rings. The highest BCUT2D eigenvalue weighted by molar-refractivity contribution is 5.82. The molecule has 2 aliphatic rings. The SMILES string of the molecule is COc1ccccc1CCNC(=O)[C@H]1CC12CCN(Cc1ccc(C#CC(C)(C)O)cc1)CC2. The molecule has 4 rings (SSSR count). The van der Waals surface area contributed by atoms with Crippen LogP contribution in [0.4, 0.5) is 0 Å². The lowest BCUT2D eigenvalue weighted by atomic mass is 9.90. The van der Waals surface area contributed by atoms with E-state index in [9.17, 15) is 9.90 Å². The van der Waals surface area contributed by atoms with Crippen molar-refractivity contribution in [2.24, 2.45) is 11.3 Å². The average Bonchev–Trinajstić information content (AvgIpc) is 3.53. The normalized spacial score (nSPS) is 19.2. The maximum Gasteiger partial charge on any atom is 0.223 e. The van der Waals surface area contributed by atoms with Crippen molar-refractivity contribution in [2.75, 3.05) is 26.7 Å². The molecule has 2 N–H and O–H groups in total. The minimum atomic E-state index is -0.977. The van der Waals surface area contributed by atoms with E-state index in [4.69, 9.17) is 4.74 Å². The van der Waals surface area contributed by atoms with Crippen LogP contribution in [-0.2, 0) is 17.8 Å². The molecule has 5 heteroatoms. The molecule has 34 heavy (non-hydrogen) atoms. The number of carbonyl (C=O) groups excluding carboxylic acids is 1. The van der Waals surface area contributed by atoms with Gasteiger partial charge in [0.05, 0.1) is 7.11 Å². The van der Waals surface area contributed by atoms with E-state index in [0.717, 1.165) is 62.2 Å². The largest absolute Gasteiger partial charge is 0.496 e. The number of para-hydroxylation sites is 1. The number of carbonyl (C=O) groups is 1. The van der Waals surface area contributed by atoms with Gasteiger partial charge >= 0.3 is 0 Å². The summed E-state index contributed by atoms with van der Waals surface area (Å²) in [6.45, 7) is 7.01. The van der Waals surface area contributed by atoms with Crippen LogP contribution in [0.2, 0.25) is 0 Å². The van der Waals surface area contributed by atoms with Crippen LogP contribution < -0.4 is 10.1 Å². The van der Waals surface area contributed by atoms with E-state index in [-0.39, 0.29) is 17.2 Å². The van der Waals surface area contributed by atoms with Gasteiger partial charge < -0.3 is 15.2 Å². The highest BCUT2D eigenvalue weighted by Gasteiger charge is 2.58. The van der Waals surface area contributed by atoms with Crippen molar-refractivity contribution in [3.63, 3.8) is 0 Å². The molecule has 0 unspecified atom stereocenters. The maximum absolute atomic E-state index is 12.8. The monoisotopic (exact) mass is 460 g/mol. The summed E-state index contributed by atoms with van der Waals surface area (Å²) in [5.41, 5.74) is 2.55. The summed E-state index contributed by atoms with van der Waals surface area (Å²) in [7, 11) is 1.68. The number of hydrogen-bond acceptors (Lipinski definition) is 4. The third-order valence-corrected chi connectivity index (χ3v) is 7.12. The number of amides is 1. The van der Waals surface area contributed by atoms with E-state index < -0.39 is 5.60 Å². The second-order valence-corrected chi connectivity index (χ2v) is 10.3. The van der Waals surface area contributed by atoms with Crippen molar-refractivity contribution in [1.29, 1.82) is 0 Å².